The van der Waals surface area contributed by atoms with Crippen molar-refractivity contribution in [3.05, 3.63) is 107 Å². The van der Waals surface area contributed by atoms with Crippen molar-refractivity contribution in [3.8, 4) is 11.1 Å². The second-order valence-electron chi connectivity index (χ2n) is 11.6. The van der Waals surface area contributed by atoms with Gasteiger partial charge in [0.25, 0.3) is 0 Å². The number of fused-ring (bicyclic) bond motifs is 3. The van der Waals surface area contributed by atoms with Crippen molar-refractivity contribution in [3.63, 3.8) is 0 Å². The molecule has 0 aromatic heterocycles. The summed E-state index contributed by atoms with van der Waals surface area (Å²) < 4.78 is 11.3. The second kappa shape index (κ2) is 15.2. The van der Waals surface area contributed by atoms with E-state index in [0.717, 1.165) is 32.7 Å². The summed E-state index contributed by atoms with van der Waals surface area (Å²) in [5.41, 5.74) is 5.74. The summed E-state index contributed by atoms with van der Waals surface area (Å²) >= 11 is 0. The molecule has 2 amide bonds. The van der Waals surface area contributed by atoms with E-state index < -0.39 is 36.6 Å². The van der Waals surface area contributed by atoms with Gasteiger partial charge in [-0.2, -0.15) is 0 Å². The number of rotatable bonds is 13. The summed E-state index contributed by atoms with van der Waals surface area (Å²) in [5.74, 6) is -1.94. The van der Waals surface area contributed by atoms with Crippen molar-refractivity contribution < 1.29 is 39.2 Å². The van der Waals surface area contributed by atoms with Crippen LogP contribution >= 0.6 is 0 Å². The number of carbonyl (C=O) groups is 3. The van der Waals surface area contributed by atoms with E-state index in [-0.39, 0.29) is 45.5 Å². The monoisotopic (exact) mass is 644 g/mol. The van der Waals surface area contributed by atoms with Crippen LogP contribution in [0.1, 0.15) is 36.5 Å². The van der Waals surface area contributed by atoms with Crippen LogP contribution in [0.25, 0.3) is 11.1 Å². The number of hydrogen-bond acceptors (Lipinski definition) is 9. The van der Waals surface area contributed by atoms with E-state index in [0.29, 0.717) is 5.57 Å². The summed E-state index contributed by atoms with van der Waals surface area (Å²) in [6.07, 6.45) is -1.80. The van der Waals surface area contributed by atoms with E-state index in [2.05, 4.69) is 5.32 Å². The van der Waals surface area contributed by atoms with Crippen LogP contribution < -0.4 is 5.32 Å². The van der Waals surface area contributed by atoms with Gasteiger partial charge in [0.05, 0.1) is 6.61 Å². The van der Waals surface area contributed by atoms with Crippen LogP contribution in [-0.2, 0) is 25.7 Å². The maximum absolute atomic E-state index is 13.4. The Morgan fingerprint density at radius 2 is 1.55 bits per heavy atom. The van der Waals surface area contributed by atoms with Gasteiger partial charge < -0.3 is 39.9 Å². The van der Waals surface area contributed by atoms with Crippen molar-refractivity contribution in [2.45, 2.75) is 45.0 Å². The highest BCUT2D eigenvalue weighted by Crippen LogP contribution is 2.44. The molecule has 1 heterocycles. The lowest BCUT2D eigenvalue weighted by atomic mass is 9.98. The van der Waals surface area contributed by atoms with Crippen molar-refractivity contribution in [2.75, 3.05) is 33.0 Å². The molecule has 4 N–H and O–H groups in total. The number of amides is 2. The smallest absolute Gasteiger partial charge is 0.407 e. The zero-order valence-corrected chi connectivity index (χ0v) is 26.4. The minimum atomic E-state index is -1.42. The van der Waals surface area contributed by atoms with Gasteiger partial charge in [-0.05, 0) is 47.2 Å². The van der Waals surface area contributed by atoms with E-state index in [9.17, 15) is 29.7 Å². The number of carboxylic acids is 1. The molecule has 0 radical (unpaired) electrons. The van der Waals surface area contributed by atoms with Gasteiger partial charge in [-0.15, -0.1) is 0 Å². The maximum Gasteiger partial charge on any atom is 0.407 e. The normalized spacial score (nSPS) is 18.1. The molecule has 0 bridgehead atoms. The lowest BCUT2D eigenvalue weighted by molar-refractivity contribution is -0.199. The van der Waals surface area contributed by atoms with Crippen LogP contribution in [0.5, 0.6) is 0 Å². The Morgan fingerprint density at radius 3 is 2.19 bits per heavy atom. The van der Waals surface area contributed by atoms with Crippen molar-refractivity contribution >= 4 is 18.0 Å². The van der Waals surface area contributed by atoms with Crippen molar-refractivity contribution in [1.82, 2.24) is 20.0 Å². The molecule has 12 heteroatoms. The van der Waals surface area contributed by atoms with Crippen molar-refractivity contribution in [1.29, 1.82) is 0 Å². The summed E-state index contributed by atoms with van der Waals surface area (Å²) in [6, 6.07) is 24.2. The third-order valence-corrected chi connectivity index (χ3v) is 8.46. The standard InChI is InChI=1S/C35H40N4O8/c1-23-18-37(35(45)39(32(23)41)22-46-20-25-10-4-3-5-11-25)19-31(40)38(24(2)33(42)43)17-16-36-34(44)47-21-30-28-14-8-6-12-26(28)27-13-7-9-15-29(27)30/h3-15,18,24,30,32,35,41,45H,16-17,19-22H2,1-2H3,(H,36,44)(H,42,43). The van der Waals surface area contributed by atoms with E-state index in [1.54, 1.807) is 6.92 Å². The Balaban J connectivity index is 1.15. The fourth-order valence-corrected chi connectivity index (χ4v) is 5.92. The molecule has 3 atom stereocenters. The van der Waals surface area contributed by atoms with Crippen LogP contribution in [0.4, 0.5) is 4.79 Å². The topological polar surface area (TPSA) is 152 Å². The molecule has 0 saturated carbocycles. The van der Waals surface area contributed by atoms with Gasteiger partial charge in [0.2, 0.25) is 5.91 Å². The Morgan fingerprint density at radius 1 is 0.936 bits per heavy atom. The molecule has 3 unspecified atom stereocenters. The van der Waals surface area contributed by atoms with E-state index in [1.165, 1.54) is 22.9 Å². The molecule has 3 aromatic rings. The largest absolute Gasteiger partial charge is 0.480 e. The molecule has 1 aliphatic heterocycles. The molecule has 0 saturated heterocycles. The number of benzene rings is 3. The first-order chi connectivity index (χ1) is 22.7. The molecule has 248 valence electrons. The lowest BCUT2D eigenvalue weighted by Gasteiger charge is -2.42. The highest BCUT2D eigenvalue weighted by molar-refractivity contribution is 5.85. The molecule has 0 fully saturated rings. The molecule has 1 aliphatic carbocycles. The number of nitrogens with one attached hydrogen (secondary N) is 1. The average molecular weight is 645 g/mol. The quantitative estimate of drug-likeness (QED) is 0.218. The predicted octanol–water partition coefficient (Wildman–Crippen LogP) is 3.12. The molecule has 2 aliphatic rings. The molecule has 0 spiro atoms. The Kier molecular flexibility index (Phi) is 10.9. The number of aliphatic hydroxyl groups is 2. The number of aliphatic carboxylic acids is 1. The van der Waals surface area contributed by atoms with Crippen LogP contribution in [0.2, 0.25) is 0 Å². The first-order valence-electron chi connectivity index (χ1n) is 15.4. The van der Waals surface area contributed by atoms with Gasteiger partial charge in [-0.3, -0.25) is 4.79 Å². The second-order valence-corrected chi connectivity index (χ2v) is 11.6. The zero-order valence-electron chi connectivity index (χ0n) is 26.4. The van der Waals surface area contributed by atoms with Gasteiger partial charge in [0, 0.05) is 25.2 Å². The highest BCUT2D eigenvalue weighted by atomic mass is 16.5. The third kappa shape index (κ3) is 7.80. The summed E-state index contributed by atoms with van der Waals surface area (Å²) in [7, 11) is 0. The maximum atomic E-state index is 13.4. The first kappa shape index (κ1) is 33.6. The van der Waals surface area contributed by atoms with Crippen LogP contribution in [0, 0.1) is 0 Å². The van der Waals surface area contributed by atoms with Gasteiger partial charge in [0.15, 0.2) is 6.35 Å². The van der Waals surface area contributed by atoms with Gasteiger partial charge in [-0.1, -0.05) is 78.9 Å². The average Bonchev–Trinajstić information content (AvgIpc) is 3.39. The number of ether oxygens (including phenoxy) is 2. The number of carbonyl (C=O) groups excluding carboxylic acids is 2. The first-order valence-corrected chi connectivity index (χ1v) is 15.4. The Labute approximate surface area is 273 Å². The predicted molar refractivity (Wildman–Crippen MR) is 172 cm³/mol. The van der Waals surface area contributed by atoms with Gasteiger partial charge in [-0.25, -0.2) is 14.5 Å². The summed E-state index contributed by atoms with van der Waals surface area (Å²) in [6.45, 7) is 2.69. The number of nitrogens with zero attached hydrogens (tertiary/aromatic N) is 3. The van der Waals surface area contributed by atoms with Gasteiger partial charge in [0.1, 0.15) is 32.2 Å². The van der Waals surface area contributed by atoms with Crippen LogP contribution in [0.15, 0.2) is 90.6 Å². The molecule has 12 nitrogen and oxygen atoms in total. The molecule has 5 rings (SSSR count). The fraction of sp³-hybridized carbons (Fsp3) is 0.343. The lowest BCUT2D eigenvalue weighted by Crippen LogP contribution is -2.58. The van der Waals surface area contributed by atoms with Gasteiger partial charge >= 0.3 is 12.1 Å². The number of carboxylic acid groups (broad SMARTS) is 1. The highest BCUT2D eigenvalue weighted by Gasteiger charge is 2.36. The summed E-state index contributed by atoms with van der Waals surface area (Å²) in [5, 5.41) is 34.0. The Bertz CT molecular complexity index is 1550. The number of alkyl carbamates (subject to hydrolysis) is 1. The van der Waals surface area contributed by atoms with E-state index in [4.69, 9.17) is 9.47 Å². The molecular weight excluding hydrogens is 604 g/mol. The van der Waals surface area contributed by atoms with Crippen LogP contribution in [-0.4, -0.2) is 99.6 Å². The molecule has 3 aromatic carbocycles. The summed E-state index contributed by atoms with van der Waals surface area (Å²) in [4.78, 5) is 41.7. The molecule has 47 heavy (non-hydrogen) atoms. The fourth-order valence-electron chi connectivity index (χ4n) is 5.92. The number of hydrogen-bond donors (Lipinski definition) is 4. The minimum absolute atomic E-state index is 0.0599. The third-order valence-electron chi connectivity index (χ3n) is 8.46. The van der Waals surface area contributed by atoms with Crippen LogP contribution in [0.3, 0.4) is 0 Å². The minimum Gasteiger partial charge on any atom is -0.480 e. The molecular formula is C35H40N4O8. The Hall–Kier alpha value is -4.75. The van der Waals surface area contributed by atoms with E-state index >= 15 is 0 Å². The van der Waals surface area contributed by atoms with Crippen molar-refractivity contribution in [2.24, 2.45) is 0 Å². The number of aliphatic hydroxyl groups excluding tert-OH is 2. The zero-order chi connectivity index (χ0) is 33.5. The SMILES string of the molecule is CC1=CN(CC(=O)N(CCNC(=O)OCC2c3ccccc3-c3ccccc32)C(C)C(=O)O)C(O)N(COCc2ccccc2)C1O. The van der Waals surface area contributed by atoms with E-state index in [1.807, 2.05) is 78.9 Å².